The molecule has 114 valence electrons. The first kappa shape index (κ1) is 13.7. The van der Waals surface area contributed by atoms with Gasteiger partial charge < -0.3 is 14.8 Å². The Hall–Kier alpha value is -2.94. The second-order valence-corrected chi connectivity index (χ2v) is 5.92. The first-order chi connectivity index (χ1) is 11.2. The van der Waals surface area contributed by atoms with Gasteiger partial charge in [0.2, 0.25) is 0 Å². The minimum absolute atomic E-state index is 0.862. The number of fused-ring (bicyclic) bond motifs is 2. The Morgan fingerprint density at radius 3 is 2.83 bits per heavy atom. The summed E-state index contributed by atoms with van der Waals surface area (Å²) in [6.45, 7) is 8.89. The lowest BCUT2D eigenvalue weighted by molar-refractivity contribution is 0.968. The Balaban J connectivity index is 1.72. The van der Waals surface area contributed by atoms with Gasteiger partial charge in [0.25, 0.3) is 0 Å². The molecule has 23 heavy (non-hydrogen) atoms. The molecule has 1 aromatic heterocycles. The van der Waals surface area contributed by atoms with Crippen molar-refractivity contribution in [1.29, 1.82) is 0 Å². The van der Waals surface area contributed by atoms with Crippen LogP contribution in [-0.4, -0.2) is 4.57 Å². The molecule has 0 spiro atoms. The van der Waals surface area contributed by atoms with E-state index in [2.05, 4.69) is 83.7 Å². The molecule has 1 N–H and O–H groups in total. The number of nitrogens with zero attached hydrogens (tertiary/aromatic N) is 2. The summed E-state index contributed by atoms with van der Waals surface area (Å²) < 4.78 is 2.14. The van der Waals surface area contributed by atoms with Crippen LogP contribution in [0, 0.1) is 0 Å². The van der Waals surface area contributed by atoms with Gasteiger partial charge in [0.05, 0.1) is 0 Å². The topological polar surface area (TPSA) is 20.2 Å². The molecule has 0 unspecified atom stereocenters. The summed E-state index contributed by atoms with van der Waals surface area (Å²) in [5, 5.41) is 4.39. The number of rotatable bonds is 3. The number of benzene rings is 2. The molecule has 4 rings (SSSR count). The zero-order valence-electron chi connectivity index (χ0n) is 13.2. The van der Waals surface area contributed by atoms with Gasteiger partial charge >= 0.3 is 0 Å². The lowest BCUT2D eigenvalue weighted by Gasteiger charge is -2.19. The van der Waals surface area contributed by atoms with Crippen LogP contribution in [0.15, 0.2) is 68.0 Å². The zero-order valence-corrected chi connectivity index (χ0v) is 13.2. The van der Waals surface area contributed by atoms with Gasteiger partial charge in [-0.05, 0) is 48.2 Å². The molecule has 3 heteroatoms. The molecule has 0 amide bonds. The largest absolute Gasteiger partial charge is 0.362 e. The van der Waals surface area contributed by atoms with Crippen molar-refractivity contribution >= 4 is 28.0 Å². The Kier molecular flexibility index (Phi) is 3.01. The highest BCUT2D eigenvalue weighted by Gasteiger charge is 2.24. The number of aromatic nitrogens is 1. The molecule has 1 aliphatic heterocycles. The van der Waals surface area contributed by atoms with E-state index in [-0.39, 0.29) is 0 Å². The van der Waals surface area contributed by atoms with Gasteiger partial charge in [-0.2, -0.15) is 0 Å². The molecule has 3 aromatic rings. The van der Waals surface area contributed by atoms with Crippen LogP contribution in [0.2, 0.25) is 0 Å². The molecule has 0 saturated heterocycles. The van der Waals surface area contributed by atoms with Gasteiger partial charge in [0.1, 0.15) is 0 Å². The van der Waals surface area contributed by atoms with Crippen LogP contribution < -0.4 is 10.2 Å². The summed E-state index contributed by atoms with van der Waals surface area (Å²) >= 11 is 0. The average Bonchev–Trinajstić information content (AvgIpc) is 3.09. The van der Waals surface area contributed by atoms with E-state index in [1.54, 1.807) is 6.20 Å². The van der Waals surface area contributed by atoms with E-state index < -0.39 is 0 Å². The monoisotopic (exact) mass is 301 g/mol. The van der Waals surface area contributed by atoms with Crippen molar-refractivity contribution in [2.75, 3.05) is 10.2 Å². The molecule has 0 bridgehead atoms. The van der Waals surface area contributed by atoms with Gasteiger partial charge in [-0.25, -0.2) is 0 Å². The molecule has 0 atom stereocenters. The first-order valence-electron chi connectivity index (χ1n) is 7.69. The minimum Gasteiger partial charge on any atom is -0.362 e. The summed E-state index contributed by atoms with van der Waals surface area (Å²) in [5.41, 5.74) is 7.02. The normalized spacial score (nSPS) is 13.4. The maximum Gasteiger partial charge on any atom is 0.0488 e. The Bertz CT molecular complexity index is 933. The van der Waals surface area contributed by atoms with Crippen molar-refractivity contribution in [1.82, 2.24) is 4.57 Å². The van der Waals surface area contributed by atoms with Crippen molar-refractivity contribution in [2.45, 2.75) is 6.54 Å². The molecular formula is C20H19N3. The lowest BCUT2D eigenvalue weighted by Crippen LogP contribution is -2.12. The highest BCUT2D eigenvalue weighted by Crippen LogP contribution is 2.38. The Morgan fingerprint density at radius 2 is 2.00 bits per heavy atom. The van der Waals surface area contributed by atoms with Crippen molar-refractivity contribution in [3.05, 3.63) is 79.1 Å². The van der Waals surface area contributed by atoms with Crippen LogP contribution in [-0.2, 0) is 13.6 Å². The molecule has 2 heterocycles. The molecule has 1 aliphatic rings. The van der Waals surface area contributed by atoms with Crippen molar-refractivity contribution in [3.8, 4) is 0 Å². The Morgan fingerprint density at radius 1 is 1.13 bits per heavy atom. The summed E-state index contributed by atoms with van der Waals surface area (Å²) in [6.07, 6.45) is 3.79. The van der Waals surface area contributed by atoms with Crippen LogP contribution in [0.25, 0.3) is 16.6 Å². The van der Waals surface area contributed by atoms with Crippen LogP contribution in [0.3, 0.4) is 0 Å². The molecule has 0 saturated carbocycles. The molecule has 0 fully saturated rings. The smallest absolute Gasteiger partial charge is 0.0488 e. The lowest BCUT2D eigenvalue weighted by atomic mass is 10.1. The fourth-order valence-electron chi connectivity index (χ4n) is 3.29. The van der Waals surface area contributed by atoms with Crippen LogP contribution in [0.4, 0.5) is 11.4 Å². The maximum absolute atomic E-state index is 4.31. The quantitative estimate of drug-likeness (QED) is 0.755. The second-order valence-electron chi connectivity index (χ2n) is 5.92. The van der Waals surface area contributed by atoms with Crippen LogP contribution in [0.5, 0.6) is 0 Å². The van der Waals surface area contributed by atoms with Crippen molar-refractivity contribution in [3.63, 3.8) is 0 Å². The molecule has 3 nitrogen and oxygen atoms in total. The van der Waals surface area contributed by atoms with E-state index in [1.165, 1.54) is 27.7 Å². The van der Waals surface area contributed by atoms with Crippen molar-refractivity contribution in [2.24, 2.45) is 7.05 Å². The number of nitrogens with one attached hydrogen (secondary N) is 1. The Labute approximate surface area is 136 Å². The van der Waals surface area contributed by atoms with E-state index in [0.717, 1.165) is 17.9 Å². The maximum atomic E-state index is 4.31. The van der Waals surface area contributed by atoms with Gasteiger partial charge in [-0.1, -0.05) is 19.2 Å². The first-order valence-corrected chi connectivity index (χ1v) is 7.69. The highest BCUT2D eigenvalue weighted by molar-refractivity contribution is 5.90. The molecular weight excluding hydrogens is 282 g/mol. The fraction of sp³-hybridized carbons (Fsp3) is 0.100. The average molecular weight is 301 g/mol. The minimum atomic E-state index is 0.862. The molecule has 0 aliphatic carbocycles. The van der Waals surface area contributed by atoms with Gasteiger partial charge in [0.15, 0.2) is 0 Å². The predicted octanol–water partition coefficient (Wildman–Crippen LogP) is 4.72. The number of hydrogen-bond acceptors (Lipinski definition) is 2. The summed E-state index contributed by atoms with van der Waals surface area (Å²) in [7, 11) is 2.07. The highest BCUT2D eigenvalue weighted by atomic mass is 15.2. The predicted molar refractivity (Wildman–Crippen MR) is 98.4 cm³/mol. The van der Waals surface area contributed by atoms with Gasteiger partial charge in [0, 0.05) is 53.3 Å². The fourth-order valence-corrected chi connectivity index (χ4v) is 3.29. The van der Waals surface area contributed by atoms with Gasteiger partial charge in [-0.3, -0.25) is 0 Å². The molecule has 0 radical (unpaired) electrons. The van der Waals surface area contributed by atoms with E-state index in [0.29, 0.717) is 0 Å². The second kappa shape index (κ2) is 5.06. The van der Waals surface area contributed by atoms with E-state index in [9.17, 15) is 0 Å². The third kappa shape index (κ3) is 2.13. The van der Waals surface area contributed by atoms with E-state index >= 15 is 0 Å². The summed E-state index contributed by atoms with van der Waals surface area (Å²) in [4.78, 5) is 2.27. The van der Waals surface area contributed by atoms with Crippen molar-refractivity contribution < 1.29 is 0 Å². The standard InChI is InChI=1S/C20H19N3/c1-4-21-17-6-5-16-13-23(14(2)19(16)12-17)18-7-8-20-15(11-18)9-10-22(20)3/h4-12,21H,1-2,13H2,3H3. The molecule has 2 aromatic carbocycles. The third-order valence-corrected chi connectivity index (χ3v) is 4.52. The van der Waals surface area contributed by atoms with Crippen LogP contribution in [0.1, 0.15) is 11.1 Å². The van der Waals surface area contributed by atoms with E-state index in [4.69, 9.17) is 0 Å². The number of anilines is 2. The van der Waals surface area contributed by atoms with Gasteiger partial charge in [-0.15, -0.1) is 0 Å². The number of hydrogen-bond donors (Lipinski definition) is 1. The SMILES string of the molecule is C=CNc1ccc2c(c1)C(=C)N(c1ccc3c(ccn3C)c1)C2. The zero-order chi connectivity index (χ0) is 16.0. The number of aryl methyl sites for hydroxylation is 1. The third-order valence-electron chi connectivity index (χ3n) is 4.52. The summed E-state index contributed by atoms with van der Waals surface area (Å²) in [6, 6.07) is 15.1. The summed E-state index contributed by atoms with van der Waals surface area (Å²) in [5.74, 6) is 0. The van der Waals surface area contributed by atoms with E-state index in [1.807, 2.05) is 0 Å². The van der Waals surface area contributed by atoms with Crippen LogP contribution >= 0.6 is 0 Å².